The average molecular weight is 425 g/mol. The van der Waals surface area contributed by atoms with Gasteiger partial charge in [-0.25, -0.2) is 4.39 Å². The zero-order valence-corrected chi connectivity index (χ0v) is 17.4. The van der Waals surface area contributed by atoms with E-state index in [1.54, 1.807) is 17.4 Å². The predicted octanol–water partition coefficient (Wildman–Crippen LogP) is 4.48. The summed E-state index contributed by atoms with van der Waals surface area (Å²) in [5.41, 5.74) is -0.0766. The van der Waals surface area contributed by atoms with E-state index in [4.69, 9.17) is 11.6 Å². The van der Waals surface area contributed by atoms with Gasteiger partial charge < -0.3 is 9.88 Å². The SMILES string of the molecule is Cn1c(SCC(=O)NC(C)(C)c2ccc(F)cc2Cl)nnc1-c1cccs1. The maximum atomic E-state index is 13.3. The fourth-order valence-corrected chi connectivity index (χ4v) is 4.50. The second kappa shape index (κ2) is 8.00. The molecule has 3 rings (SSSR count). The van der Waals surface area contributed by atoms with E-state index in [9.17, 15) is 9.18 Å². The number of carbonyl (C=O) groups excluding carboxylic acids is 1. The van der Waals surface area contributed by atoms with E-state index in [1.807, 2.05) is 43.0 Å². The molecule has 0 aliphatic heterocycles. The quantitative estimate of drug-likeness (QED) is 0.592. The molecular formula is C18H18ClFN4OS2. The number of aromatic nitrogens is 3. The number of nitrogens with one attached hydrogen (secondary N) is 1. The van der Waals surface area contributed by atoms with E-state index in [0.29, 0.717) is 10.7 Å². The summed E-state index contributed by atoms with van der Waals surface area (Å²) in [6, 6.07) is 8.09. The maximum absolute atomic E-state index is 13.3. The summed E-state index contributed by atoms with van der Waals surface area (Å²) >= 11 is 9.02. The van der Waals surface area contributed by atoms with E-state index < -0.39 is 11.4 Å². The van der Waals surface area contributed by atoms with E-state index in [2.05, 4.69) is 15.5 Å². The minimum Gasteiger partial charge on any atom is -0.346 e. The van der Waals surface area contributed by atoms with Crippen LogP contribution in [0.2, 0.25) is 5.02 Å². The first-order valence-corrected chi connectivity index (χ1v) is 10.3. The highest BCUT2D eigenvalue weighted by atomic mass is 35.5. The van der Waals surface area contributed by atoms with Crippen molar-refractivity contribution in [3.63, 3.8) is 0 Å². The topological polar surface area (TPSA) is 59.8 Å². The number of nitrogens with zero attached hydrogens (tertiary/aromatic N) is 3. The number of hydrogen-bond donors (Lipinski definition) is 1. The standard InChI is InChI=1S/C18H18ClFN4OS2/c1-18(2,12-7-6-11(20)9-13(12)19)21-15(25)10-27-17-23-22-16(24(17)3)14-5-4-8-26-14/h4-9H,10H2,1-3H3,(H,21,25). The van der Waals surface area contributed by atoms with Crippen LogP contribution in [0.3, 0.4) is 0 Å². The van der Waals surface area contributed by atoms with Crippen LogP contribution < -0.4 is 5.32 Å². The van der Waals surface area contributed by atoms with Crippen LogP contribution in [0.1, 0.15) is 19.4 Å². The Balaban J connectivity index is 1.64. The number of thioether (sulfide) groups is 1. The van der Waals surface area contributed by atoms with Crippen molar-refractivity contribution in [2.75, 3.05) is 5.75 Å². The Kier molecular flexibility index (Phi) is 5.88. The lowest BCUT2D eigenvalue weighted by Crippen LogP contribution is -2.42. The van der Waals surface area contributed by atoms with Crippen molar-refractivity contribution in [1.29, 1.82) is 0 Å². The summed E-state index contributed by atoms with van der Waals surface area (Å²) in [5, 5.41) is 14.2. The van der Waals surface area contributed by atoms with E-state index in [0.717, 1.165) is 10.7 Å². The van der Waals surface area contributed by atoms with Crippen LogP contribution in [-0.2, 0) is 17.4 Å². The summed E-state index contributed by atoms with van der Waals surface area (Å²) in [6.45, 7) is 3.65. The van der Waals surface area contributed by atoms with Gasteiger partial charge in [0, 0.05) is 12.1 Å². The van der Waals surface area contributed by atoms with Gasteiger partial charge >= 0.3 is 0 Å². The second-order valence-electron chi connectivity index (χ2n) is 6.43. The van der Waals surface area contributed by atoms with Gasteiger partial charge in [-0.15, -0.1) is 21.5 Å². The van der Waals surface area contributed by atoms with Crippen LogP contribution in [0.4, 0.5) is 4.39 Å². The zero-order valence-electron chi connectivity index (χ0n) is 15.0. The molecule has 1 aromatic carbocycles. The van der Waals surface area contributed by atoms with Gasteiger partial charge in [0.05, 0.1) is 16.2 Å². The molecule has 5 nitrogen and oxygen atoms in total. The molecule has 0 saturated heterocycles. The molecule has 0 aliphatic carbocycles. The average Bonchev–Trinajstić information content (AvgIpc) is 3.21. The first kappa shape index (κ1) is 19.9. The molecular weight excluding hydrogens is 407 g/mol. The lowest BCUT2D eigenvalue weighted by Gasteiger charge is -2.27. The summed E-state index contributed by atoms with van der Waals surface area (Å²) in [6.07, 6.45) is 0. The van der Waals surface area contributed by atoms with E-state index >= 15 is 0 Å². The van der Waals surface area contributed by atoms with Crippen molar-refractivity contribution in [2.45, 2.75) is 24.5 Å². The predicted molar refractivity (Wildman–Crippen MR) is 108 cm³/mol. The number of halogens is 2. The van der Waals surface area contributed by atoms with Gasteiger partial charge in [-0.1, -0.05) is 35.5 Å². The summed E-state index contributed by atoms with van der Waals surface area (Å²) in [5.74, 6) is 0.362. The highest BCUT2D eigenvalue weighted by Gasteiger charge is 2.26. The minimum absolute atomic E-state index is 0.175. The minimum atomic E-state index is -0.732. The summed E-state index contributed by atoms with van der Waals surface area (Å²) in [4.78, 5) is 13.4. The number of carbonyl (C=O) groups is 1. The van der Waals surface area contributed by atoms with Gasteiger partial charge in [0.15, 0.2) is 11.0 Å². The van der Waals surface area contributed by atoms with Crippen LogP contribution in [0.15, 0.2) is 40.9 Å². The molecule has 2 heterocycles. The highest BCUT2D eigenvalue weighted by molar-refractivity contribution is 7.99. The molecule has 0 radical (unpaired) electrons. The van der Waals surface area contributed by atoms with Crippen LogP contribution in [0.25, 0.3) is 10.7 Å². The third-order valence-corrected chi connectivity index (χ3v) is 6.16. The number of benzene rings is 1. The Morgan fingerprint density at radius 1 is 1.37 bits per heavy atom. The normalized spacial score (nSPS) is 11.6. The third-order valence-electron chi connectivity index (χ3n) is 3.97. The lowest BCUT2D eigenvalue weighted by molar-refractivity contribution is -0.120. The van der Waals surface area contributed by atoms with Crippen LogP contribution in [-0.4, -0.2) is 26.4 Å². The van der Waals surface area contributed by atoms with Gasteiger partial charge in [0.25, 0.3) is 0 Å². The highest BCUT2D eigenvalue weighted by Crippen LogP contribution is 2.29. The molecule has 0 fully saturated rings. The van der Waals surface area contributed by atoms with Gasteiger partial charge in [0.2, 0.25) is 5.91 Å². The van der Waals surface area contributed by atoms with Crippen LogP contribution in [0, 0.1) is 5.82 Å². The van der Waals surface area contributed by atoms with Crippen LogP contribution >= 0.6 is 34.7 Å². The number of amides is 1. The molecule has 27 heavy (non-hydrogen) atoms. The zero-order chi connectivity index (χ0) is 19.6. The Bertz CT molecular complexity index is 956. The largest absolute Gasteiger partial charge is 0.346 e. The van der Waals surface area contributed by atoms with Crippen molar-refractivity contribution >= 4 is 40.6 Å². The van der Waals surface area contributed by atoms with Gasteiger partial charge in [-0.3, -0.25) is 4.79 Å². The fourth-order valence-electron chi connectivity index (χ4n) is 2.64. The molecule has 0 spiro atoms. The Morgan fingerprint density at radius 2 is 2.15 bits per heavy atom. The molecule has 0 saturated carbocycles. The van der Waals surface area contributed by atoms with Gasteiger partial charge in [0.1, 0.15) is 5.82 Å². The molecule has 142 valence electrons. The van der Waals surface area contributed by atoms with E-state index in [-0.39, 0.29) is 16.7 Å². The van der Waals surface area contributed by atoms with Crippen molar-refractivity contribution < 1.29 is 9.18 Å². The number of thiophene rings is 1. The van der Waals surface area contributed by atoms with Crippen LogP contribution in [0.5, 0.6) is 0 Å². The van der Waals surface area contributed by atoms with E-state index in [1.165, 1.54) is 23.9 Å². The molecule has 1 amide bonds. The number of hydrogen-bond acceptors (Lipinski definition) is 5. The summed E-state index contributed by atoms with van der Waals surface area (Å²) < 4.78 is 15.1. The van der Waals surface area contributed by atoms with Crippen molar-refractivity contribution in [2.24, 2.45) is 7.05 Å². The summed E-state index contributed by atoms with van der Waals surface area (Å²) in [7, 11) is 1.87. The molecule has 3 aromatic rings. The smallest absolute Gasteiger partial charge is 0.231 e. The van der Waals surface area contributed by atoms with Crippen molar-refractivity contribution in [3.8, 4) is 10.7 Å². The Labute approximate surface area is 170 Å². The Hall–Kier alpha value is -1.90. The maximum Gasteiger partial charge on any atom is 0.231 e. The first-order chi connectivity index (χ1) is 12.8. The van der Waals surface area contributed by atoms with Crippen molar-refractivity contribution in [3.05, 3.63) is 52.1 Å². The molecule has 0 unspecified atom stereocenters. The molecule has 2 aromatic heterocycles. The van der Waals surface area contributed by atoms with Crippen molar-refractivity contribution in [1.82, 2.24) is 20.1 Å². The Morgan fingerprint density at radius 3 is 2.81 bits per heavy atom. The monoisotopic (exact) mass is 424 g/mol. The fraction of sp³-hybridized carbons (Fsp3) is 0.278. The van der Waals surface area contributed by atoms with Gasteiger partial charge in [-0.05, 0) is 43.0 Å². The third kappa shape index (κ3) is 4.51. The molecule has 0 aliphatic rings. The molecule has 1 N–H and O–H groups in total. The molecule has 0 atom stereocenters. The first-order valence-electron chi connectivity index (χ1n) is 8.10. The molecule has 0 bridgehead atoms. The lowest BCUT2D eigenvalue weighted by atomic mass is 9.94. The van der Waals surface area contributed by atoms with Gasteiger partial charge in [-0.2, -0.15) is 0 Å². The second-order valence-corrected chi connectivity index (χ2v) is 8.73. The molecule has 9 heteroatoms. The number of rotatable bonds is 6.